The zero-order valence-corrected chi connectivity index (χ0v) is 12.6. The summed E-state index contributed by atoms with van der Waals surface area (Å²) in [6.07, 6.45) is 0.662. The first-order chi connectivity index (χ1) is 9.74. The fourth-order valence-corrected chi connectivity index (χ4v) is 3.67. The molecule has 0 spiro atoms. The molecule has 3 aromatic rings. The van der Waals surface area contributed by atoms with Gasteiger partial charge in [0.15, 0.2) is 0 Å². The van der Waals surface area contributed by atoms with Gasteiger partial charge in [0.1, 0.15) is 4.88 Å². The molecule has 3 nitrogen and oxygen atoms in total. The van der Waals surface area contributed by atoms with Crippen molar-refractivity contribution in [3.8, 4) is 0 Å². The summed E-state index contributed by atoms with van der Waals surface area (Å²) in [6, 6.07) is 9.96. The number of carbonyl (C=O) groups excluding carboxylic acids is 1. The van der Waals surface area contributed by atoms with Crippen molar-refractivity contribution < 1.29 is 9.53 Å². The monoisotopic (exact) mass is 303 g/mol. The van der Waals surface area contributed by atoms with Crippen LogP contribution < -0.4 is 0 Å². The lowest BCUT2D eigenvalue weighted by atomic mass is 10.3. The lowest BCUT2D eigenvalue weighted by Crippen LogP contribution is -2.07. The van der Waals surface area contributed by atoms with Crippen molar-refractivity contribution in [3.63, 3.8) is 0 Å². The predicted octanol–water partition coefficient (Wildman–Crippen LogP) is 4.07. The number of benzene rings is 1. The Morgan fingerprint density at radius 3 is 2.90 bits per heavy atom. The van der Waals surface area contributed by atoms with Gasteiger partial charge in [0.25, 0.3) is 0 Å². The number of hydrogen-bond donors (Lipinski definition) is 0. The average Bonchev–Trinajstić information content (AvgIpc) is 3.04. The van der Waals surface area contributed by atoms with Crippen LogP contribution in [0.3, 0.4) is 0 Å². The first kappa shape index (κ1) is 13.3. The van der Waals surface area contributed by atoms with Crippen molar-refractivity contribution in [1.82, 2.24) is 4.98 Å². The molecule has 0 bridgehead atoms. The number of thiophene rings is 1. The first-order valence-electron chi connectivity index (χ1n) is 6.30. The molecule has 20 heavy (non-hydrogen) atoms. The van der Waals surface area contributed by atoms with Crippen LogP contribution in [0.25, 0.3) is 10.2 Å². The minimum absolute atomic E-state index is 0.237. The molecule has 0 saturated carbocycles. The molecule has 0 atom stereocenters. The third-order valence-electron chi connectivity index (χ3n) is 2.93. The molecular formula is C15H13NO2S2. The third-order valence-corrected chi connectivity index (χ3v) is 5.03. The van der Waals surface area contributed by atoms with E-state index in [0.717, 1.165) is 16.1 Å². The van der Waals surface area contributed by atoms with Crippen LogP contribution in [0.1, 0.15) is 20.2 Å². The lowest BCUT2D eigenvalue weighted by molar-refractivity contribution is 0.0514. The number of thiazole rings is 1. The van der Waals surface area contributed by atoms with Gasteiger partial charge in [-0.25, -0.2) is 9.78 Å². The minimum atomic E-state index is -0.237. The van der Waals surface area contributed by atoms with Crippen molar-refractivity contribution in [3.05, 3.63) is 51.2 Å². The maximum atomic E-state index is 11.9. The van der Waals surface area contributed by atoms with Crippen LogP contribution in [-0.2, 0) is 11.2 Å². The molecule has 0 fully saturated rings. The van der Waals surface area contributed by atoms with Crippen molar-refractivity contribution in [2.75, 3.05) is 6.61 Å². The van der Waals surface area contributed by atoms with Gasteiger partial charge < -0.3 is 4.74 Å². The highest BCUT2D eigenvalue weighted by Gasteiger charge is 2.12. The van der Waals surface area contributed by atoms with Gasteiger partial charge in [0, 0.05) is 6.42 Å². The van der Waals surface area contributed by atoms with Gasteiger partial charge in [-0.15, -0.1) is 22.7 Å². The molecule has 0 aliphatic carbocycles. The SMILES string of the molecule is Cc1ccsc1C(=O)OCCc1nc2ccccc2s1. The Morgan fingerprint density at radius 2 is 2.15 bits per heavy atom. The Balaban J connectivity index is 1.60. The van der Waals surface area contributed by atoms with Gasteiger partial charge in [-0.1, -0.05) is 12.1 Å². The van der Waals surface area contributed by atoms with Crippen LogP contribution >= 0.6 is 22.7 Å². The lowest BCUT2D eigenvalue weighted by Gasteiger charge is -2.02. The Hall–Kier alpha value is -1.72. The number of esters is 1. The van der Waals surface area contributed by atoms with Crippen LogP contribution in [0.5, 0.6) is 0 Å². The molecule has 0 radical (unpaired) electrons. The molecule has 0 amide bonds. The van der Waals surface area contributed by atoms with Crippen LogP contribution in [-0.4, -0.2) is 17.6 Å². The average molecular weight is 303 g/mol. The normalized spacial score (nSPS) is 10.8. The number of para-hydroxylation sites is 1. The molecular weight excluding hydrogens is 290 g/mol. The number of ether oxygens (including phenoxy) is 1. The van der Waals surface area contributed by atoms with Gasteiger partial charge >= 0.3 is 5.97 Å². The summed E-state index contributed by atoms with van der Waals surface area (Å²) in [6.45, 7) is 2.29. The molecule has 3 rings (SSSR count). The van der Waals surface area contributed by atoms with Gasteiger partial charge in [-0.2, -0.15) is 0 Å². The second kappa shape index (κ2) is 5.73. The standard InChI is InChI=1S/C15H13NO2S2/c1-10-7-9-19-14(10)15(17)18-8-6-13-16-11-4-2-3-5-12(11)20-13/h2-5,7,9H,6,8H2,1H3. The molecule has 5 heteroatoms. The summed E-state index contributed by atoms with van der Waals surface area (Å²) in [5, 5.41) is 2.90. The Labute approximate surface area is 124 Å². The van der Waals surface area contributed by atoms with E-state index in [1.807, 2.05) is 36.6 Å². The van der Waals surface area contributed by atoms with E-state index in [1.165, 1.54) is 16.0 Å². The smallest absolute Gasteiger partial charge is 0.348 e. The van der Waals surface area contributed by atoms with E-state index in [2.05, 4.69) is 11.1 Å². The summed E-state index contributed by atoms with van der Waals surface area (Å²) < 4.78 is 6.47. The molecule has 102 valence electrons. The van der Waals surface area contributed by atoms with Crippen molar-refractivity contribution in [1.29, 1.82) is 0 Å². The summed E-state index contributed by atoms with van der Waals surface area (Å²) in [4.78, 5) is 17.1. The van der Waals surface area contributed by atoms with Crippen molar-refractivity contribution >= 4 is 38.9 Å². The molecule has 0 unspecified atom stereocenters. The number of carbonyl (C=O) groups is 1. The topological polar surface area (TPSA) is 39.2 Å². The van der Waals surface area contributed by atoms with Gasteiger partial charge in [0.2, 0.25) is 0 Å². The van der Waals surface area contributed by atoms with Crippen LogP contribution in [0.4, 0.5) is 0 Å². The quantitative estimate of drug-likeness (QED) is 0.682. The van der Waals surface area contributed by atoms with Crippen molar-refractivity contribution in [2.24, 2.45) is 0 Å². The van der Waals surface area contributed by atoms with E-state index < -0.39 is 0 Å². The summed E-state index contributed by atoms with van der Waals surface area (Å²) >= 11 is 3.07. The number of rotatable bonds is 4. The van der Waals surface area contributed by atoms with E-state index in [1.54, 1.807) is 11.3 Å². The van der Waals surface area contributed by atoms with Crippen LogP contribution in [0.2, 0.25) is 0 Å². The number of nitrogens with zero attached hydrogens (tertiary/aromatic N) is 1. The zero-order valence-electron chi connectivity index (χ0n) is 11.0. The van der Waals surface area contributed by atoms with E-state index in [4.69, 9.17) is 4.74 Å². The van der Waals surface area contributed by atoms with E-state index in [0.29, 0.717) is 17.9 Å². The predicted molar refractivity (Wildman–Crippen MR) is 82.7 cm³/mol. The molecule has 2 aromatic heterocycles. The van der Waals surface area contributed by atoms with Gasteiger partial charge in [-0.05, 0) is 36.1 Å². The number of aromatic nitrogens is 1. The summed E-state index contributed by atoms with van der Waals surface area (Å²) in [7, 11) is 0. The highest BCUT2D eigenvalue weighted by atomic mass is 32.1. The molecule has 0 aliphatic rings. The molecule has 1 aromatic carbocycles. The molecule has 0 N–H and O–H groups in total. The fraction of sp³-hybridized carbons (Fsp3) is 0.200. The highest BCUT2D eigenvalue weighted by molar-refractivity contribution is 7.18. The Kier molecular flexibility index (Phi) is 3.80. The number of aryl methyl sites for hydroxylation is 1. The summed E-state index contributed by atoms with van der Waals surface area (Å²) in [5.74, 6) is -0.237. The Morgan fingerprint density at radius 1 is 1.30 bits per heavy atom. The number of fused-ring (bicyclic) bond motifs is 1. The molecule has 0 aliphatic heterocycles. The van der Waals surface area contributed by atoms with E-state index in [-0.39, 0.29) is 5.97 Å². The minimum Gasteiger partial charge on any atom is -0.461 e. The maximum absolute atomic E-state index is 11.9. The van der Waals surface area contributed by atoms with Gasteiger partial charge in [-0.3, -0.25) is 0 Å². The second-order valence-corrected chi connectivity index (χ2v) is 6.43. The van der Waals surface area contributed by atoms with E-state index in [9.17, 15) is 4.79 Å². The maximum Gasteiger partial charge on any atom is 0.348 e. The molecule has 0 saturated heterocycles. The van der Waals surface area contributed by atoms with E-state index >= 15 is 0 Å². The third kappa shape index (κ3) is 2.73. The van der Waals surface area contributed by atoms with Crippen LogP contribution in [0.15, 0.2) is 35.7 Å². The van der Waals surface area contributed by atoms with Gasteiger partial charge in [0.05, 0.1) is 21.8 Å². The summed E-state index contributed by atoms with van der Waals surface area (Å²) in [5.41, 5.74) is 1.98. The first-order valence-corrected chi connectivity index (χ1v) is 7.99. The molecule has 2 heterocycles. The Bertz CT molecular complexity index is 712. The highest BCUT2D eigenvalue weighted by Crippen LogP contribution is 2.22. The van der Waals surface area contributed by atoms with Crippen LogP contribution in [0, 0.1) is 6.92 Å². The second-order valence-electron chi connectivity index (χ2n) is 4.39. The fourth-order valence-electron chi connectivity index (χ4n) is 1.91. The van der Waals surface area contributed by atoms with Crippen molar-refractivity contribution in [2.45, 2.75) is 13.3 Å². The largest absolute Gasteiger partial charge is 0.461 e. The zero-order chi connectivity index (χ0) is 13.9. The number of hydrogen-bond acceptors (Lipinski definition) is 5.